The van der Waals surface area contributed by atoms with Crippen molar-refractivity contribution in [3.63, 3.8) is 0 Å². The molecule has 1 saturated heterocycles. The molecule has 2 N–H and O–H groups in total. The van der Waals surface area contributed by atoms with E-state index in [2.05, 4.69) is 15.6 Å². The first-order valence-corrected chi connectivity index (χ1v) is 9.71. The van der Waals surface area contributed by atoms with Gasteiger partial charge in [0.05, 0.1) is 0 Å². The van der Waals surface area contributed by atoms with Crippen molar-refractivity contribution in [3.8, 4) is 0 Å². The summed E-state index contributed by atoms with van der Waals surface area (Å²) in [6, 6.07) is 0. The van der Waals surface area contributed by atoms with Crippen molar-refractivity contribution in [2.75, 3.05) is 46.8 Å². The first-order valence-electron chi connectivity index (χ1n) is 8.27. The molecule has 0 atom stereocenters. The van der Waals surface area contributed by atoms with Gasteiger partial charge in [0.25, 0.3) is 0 Å². The summed E-state index contributed by atoms with van der Waals surface area (Å²) in [5.74, 6) is 0.295. The number of halogens is 4. The van der Waals surface area contributed by atoms with Gasteiger partial charge in [-0.25, -0.2) is 13.4 Å². The maximum absolute atomic E-state index is 12.6. The van der Waals surface area contributed by atoms with Crippen LogP contribution in [-0.4, -0.2) is 81.8 Å². The maximum Gasteiger partial charge on any atom is 0.511 e. The maximum atomic E-state index is 12.6. The molecule has 0 aliphatic carbocycles. The van der Waals surface area contributed by atoms with E-state index in [0.717, 1.165) is 0 Å². The number of amides is 1. The van der Waals surface area contributed by atoms with E-state index in [9.17, 15) is 26.4 Å². The molecule has 1 aliphatic heterocycles. The van der Waals surface area contributed by atoms with Crippen LogP contribution in [0.25, 0.3) is 0 Å². The summed E-state index contributed by atoms with van der Waals surface area (Å²) >= 11 is 0. The summed E-state index contributed by atoms with van der Waals surface area (Å²) in [7, 11) is -2.00. The van der Waals surface area contributed by atoms with Gasteiger partial charge in [0.15, 0.2) is 5.96 Å². The van der Waals surface area contributed by atoms with E-state index < -0.39 is 15.5 Å². The van der Waals surface area contributed by atoms with Crippen LogP contribution in [0.5, 0.6) is 0 Å². The van der Waals surface area contributed by atoms with Crippen LogP contribution in [0.15, 0.2) is 4.99 Å². The number of sulfonamides is 1. The molecule has 0 aromatic heterocycles. The minimum absolute atomic E-state index is 0. The van der Waals surface area contributed by atoms with Crippen LogP contribution in [0.3, 0.4) is 0 Å². The lowest BCUT2D eigenvalue weighted by atomic mass is 9.98. The number of carbonyl (C=O) groups excluding carboxylic acids is 1. The predicted octanol–water partition coefficient (Wildman–Crippen LogP) is 0.809. The molecule has 13 heteroatoms. The lowest BCUT2D eigenvalue weighted by molar-refractivity contribution is -0.127. The van der Waals surface area contributed by atoms with E-state index in [4.69, 9.17) is 0 Å². The summed E-state index contributed by atoms with van der Waals surface area (Å²) in [5.41, 5.74) is -5.26. The molecule has 8 nitrogen and oxygen atoms in total. The van der Waals surface area contributed by atoms with Crippen LogP contribution in [0.4, 0.5) is 13.2 Å². The van der Waals surface area contributed by atoms with Crippen molar-refractivity contribution in [2.45, 2.75) is 25.3 Å². The molecule has 1 aliphatic rings. The highest BCUT2D eigenvalue weighted by Gasteiger charge is 2.50. The van der Waals surface area contributed by atoms with E-state index in [1.54, 1.807) is 14.1 Å². The van der Waals surface area contributed by atoms with Crippen molar-refractivity contribution in [1.82, 2.24) is 19.8 Å². The molecule has 1 rings (SSSR count). The fourth-order valence-electron chi connectivity index (χ4n) is 2.37. The van der Waals surface area contributed by atoms with E-state index >= 15 is 0 Å². The van der Waals surface area contributed by atoms with Crippen molar-refractivity contribution >= 4 is 45.9 Å². The highest BCUT2D eigenvalue weighted by Crippen LogP contribution is 2.30. The zero-order valence-electron chi connectivity index (χ0n) is 15.5. The second kappa shape index (κ2) is 11.2. The van der Waals surface area contributed by atoms with Crippen molar-refractivity contribution in [1.29, 1.82) is 0 Å². The lowest BCUT2D eigenvalue weighted by Crippen LogP contribution is -2.47. The molecule has 0 saturated carbocycles. The van der Waals surface area contributed by atoms with E-state index in [0.29, 0.717) is 36.2 Å². The Balaban J connectivity index is 0.00000676. The SMILES string of the molecule is CCNC(=NCC(=O)N(C)C)NCC1CCN(S(=O)(=O)C(F)(F)F)CC1.I. The normalized spacial score (nSPS) is 17.2. The molecular weight excluding hydrogens is 502 g/mol. The number of alkyl halides is 3. The number of aliphatic imine (C=N–C) groups is 1. The Bertz CT molecular complexity index is 606. The van der Waals surface area contributed by atoms with Gasteiger partial charge >= 0.3 is 15.5 Å². The molecule has 0 unspecified atom stereocenters. The Morgan fingerprint density at radius 3 is 2.22 bits per heavy atom. The second-order valence-corrected chi connectivity index (χ2v) is 8.09. The van der Waals surface area contributed by atoms with Crippen molar-refractivity contribution in [3.05, 3.63) is 0 Å². The van der Waals surface area contributed by atoms with Crippen LogP contribution in [0.2, 0.25) is 0 Å². The van der Waals surface area contributed by atoms with Gasteiger partial charge in [0, 0.05) is 40.3 Å². The number of hydrogen-bond donors (Lipinski definition) is 2. The van der Waals surface area contributed by atoms with Gasteiger partial charge < -0.3 is 15.5 Å². The quantitative estimate of drug-likeness (QED) is 0.302. The van der Waals surface area contributed by atoms with Gasteiger partial charge in [-0.3, -0.25) is 4.79 Å². The number of hydrogen-bond acceptors (Lipinski definition) is 4. The van der Waals surface area contributed by atoms with Crippen LogP contribution >= 0.6 is 24.0 Å². The molecule has 1 fully saturated rings. The zero-order chi connectivity index (χ0) is 20.0. The van der Waals surface area contributed by atoms with Gasteiger partial charge in [0.1, 0.15) is 6.54 Å². The standard InChI is InChI=1S/C14H26F3N5O3S.HI/c1-4-18-13(20-10-12(23)21(2)3)19-9-11-5-7-22(8-6-11)26(24,25)14(15,16)17;/h11H,4-10H2,1-3H3,(H2,18,19,20);1H. The third-order valence-electron chi connectivity index (χ3n) is 3.98. The van der Waals surface area contributed by atoms with Gasteiger partial charge in [-0.15, -0.1) is 24.0 Å². The number of nitrogens with zero attached hydrogens (tertiary/aromatic N) is 3. The molecule has 0 bridgehead atoms. The number of piperidine rings is 1. The Hall–Kier alpha value is -0.830. The number of nitrogens with one attached hydrogen (secondary N) is 2. The fourth-order valence-corrected chi connectivity index (χ4v) is 3.36. The van der Waals surface area contributed by atoms with E-state index in [1.165, 1.54) is 4.90 Å². The summed E-state index contributed by atoms with van der Waals surface area (Å²) in [6.07, 6.45) is 0.636. The third-order valence-corrected chi connectivity index (χ3v) is 5.61. The number of likely N-dealkylation sites (N-methyl/N-ethyl adjacent to an activating group) is 1. The highest BCUT2D eigenvalue weighted by atomic mass is 127. The minimum Gasteiger partial charge on any atom is -0.357 e. The number of guanidine groups is 1. The lowest BCUT2D eigenvalue weighted by Gasteiger charge is -2.31. The van der Waals surface area contributed by atoms with Gasteiger partial charge in [-0.2, -0.15) is 17.5 Å². The Morgan fingerprint density at radius 2 is 1.78 bits per heavy atom. The first kappa shape index (κ1) is 26.2. The molecule has 0 aromatic carbocycles. The van der Waals surface area contributed by atoms with Gasteiger partial charge in [-0.1, -0.05) is 0 Å². The smallest absolute Gasteiger partial charge is 0.357 e. The number of rotatable bonds is 6. The Morgan fingerprint density at radius 1 is 1.22 bits per heavy atom. The summed E-state index contributed by atoms with van der Waals surface area (Å²) in [6.45, 7) is 2.53. The van der Waals surface area contributed by atoms with Gasteiger partial charge in [-0.05, 0) is 25.7 Å². The van der Waals surface area contributed by atoms with Crippen molar-refractivity contribution in [2.24, 2.45) is 10.9 Å². The summed E-state index contributed by atoms with van der Waals surface area (Å²) in [4.78, 5) is 17.2. The van der Waals surface area contributed by atoms with Crippen molar-refractivity contribution < 1.29 is 26.4 Å². The van der Waals surface area contributed by atoms with E-state index in [1.807, 2.05) is 6.92 Å². The molecule has 1 heterocycles. The largest absolute Gasteiger partial charge is 0.511 e. The molecule has 0 radical (unpaired) electrons. The summed E-state index contributed by atoms with van der Waals surface area (Å²) in [5, 5.41) is 6.03. The number of carbonyl (C=O) groups is 1. The molecular formula is C14H27F3IN5O3S. The monoisotopic (exact) mass is 529 g/mol. The molecule has 0 aromatic rings. The first-order chi connectivity index (χ1) is 12.0. The average molecular weight is 529 g/mol. The average Bonchev–Trinajstić information content (AvgIpc) is 2.56. The van der Waals surface area contributed by atoms with Crippen LogP contribution in [0, 0.1) is 5.92 Å². The third kappa shape index (κ3) is 7.97. The topological polar surface area (TPSA) is 94.1 Å². The van der Waals surface area contributed by atoms with Gasteiger partial charge in [0.2, 0.25) is 5.91 Å². The second-order valence-electron chi connectivity index (χ2n) is 6.16. The predicted molar refractivity (Wildman–Crippen MR) is 107 cm³/mol. The van der Waals surface area contributed by atoms with E-state index in [-0.39, 0.29) is 55.4 Å². The fraction of sp³-hybridized carbons (Fsp3) is 0.857. The summed E-state index contributed by atoms with van der Waals surface area (Å²) < 4.78 is 61.0. The Kier molecular flexibility index (Phi) is 10.9. The zero-order valence-corrected chi connectivity index (χ0v) is 18.7. The molecule has 1 amide bonds. The van der Waals surface area contributed by atoms with Crippen LogP contribution in [-0.2, 0) is 14.8 Å². The Labute approximate surface area is 175 Å². The minimum atomic E-state index is -5.26. The van der Waals surface area contributed by atoms with Crippen LogP contribution in [0.1, 0.15) is 19.8 Å². The molecule has 160 valence electrons. The molecule has 0 spiro atoms. The highest BCUT2D eigenvalue weighted by molar-refractivity contribution is 14.0. The van der Waals surface area contributed by atoms with Crippen LogP contribution < -0.4 is 10.6 Å². The molecule has 27 heavy (non-hydrogen) atoms.